The molecule has 1 radical (unpaired) electrons. The van der Waals surface area contributed by atoms with E-state index in [1.807, 2.05) is 13.8 Å². The second-order valence-corrected chi connectivity index (χ2v) is 2.73. The van der Waals surface area contributed by atoms with Crippen molar-refractivity contribution in [3.63, 3.8) is 0 Å². The maximum atomic E-state index is 4.71. The molecule has 0 saturated carbocycles. The van der Waals surface area contributed by atoms with Crippen LogP contribution in [0.4, 0.5) is 0 Å². The van der Waals surface area contributed by atoms with Gasteiger partial charge < -0.3 is 10.6 Å². The predicted molar refractivity (Wildman–Crippen MR) is 45.8 cm³/mol. The summed E-state index contributed by atoms with van der Waals surface area (Å²) in [7, 11) is 0. The van der Waals surface area contributed by atoms with Crippen LogP contribution in [0.5, 0.6) is 0 Å². The van der Waals surface area contributed by atoms with Gasteiger partial charge in [-0.05, 0) is 0 Å². The molecule has 0 spiro atoms. The van der Waals surface area contributed by atoms with Crippen molar-refractivity contribution in [3.8, 4) is 11.5 Å². The third kappa shape index (κ3) is 2.45. The fourth-order valence-electron chi connectivity index (χ4n) is 1.10. The Kier molecular flexibility index (Phi) is 3.90. The van der Waals surface area contributed by atoms with Crippen LogP contribution < -0.4 is 0 Å². The molecular weight excluding hydrogens is 255 g/mol. The van der Waals surface area contributed by atoms with E-state index in [1.165, 1.54) is 6.26 Å². The minimum absolute atomic E-state index is 0. The van der Waals surface area contributed by atoms with Crippen molar-refractivity contribution in [1.29, 1.82) is 0 Å². The summed E-state index contributed by atoms with van der Waals surface area (Å²) in [4.78, 5) is 8.37. The van der Waals surface area contributed by atoms with Crippen LogP contribution in [0.2, 0.25) is 0 Å². The van der Waals surface area contributed by atoms with E-state index in [4.69, 9.17) is 4.52 Å². The molecule has 5 heteroatoms. The molecular formula is C9H8N3OY-. The fraction of sp³-hybridized carbons (Fsp3) is 0.222. The van der Waals surface area contributed by atoms with Crippen LogP contribution in [0.25, 0.3) is 11.5 Å². The molecule has 0 atom stereocenters. The topological polar surface area (TPSA) is 51.8 Å². The Bertz CT molecular complexity index is 394. The van der Waals surface area contributed by atoms with Gasteiger partial charge in [-0.25, -0.2) is 0 Å². The van der Waals surface area contributed by atoms with Gasteiger partial charge >= 0.3 is 0 Å². The van der Waals surface area contributed by atoms with Gasteiger partial charge in [-0.15, -0.1) is 11.4 Å². The summed E-state index contributed by atoms with van der Waals surface area (Å²) in [6.07, 6.45) is 1.50. The quantitative estimate of drug-likeness (QED) is 0.732. The van der Waals surface area contributed by atoms with Gasteiger partial charge in [-0.1, -0.05) is 19.0 Å². The van der Waals surface area contributed by atoms with E-state index in [1.54, 1.807) is 6.07 Å². The van der Waals surface area contributed by atoms with Gasteiger partial charge in [-0.2, -0.15) is 0 Å². The van der Waals surface area contributed by atoms with Crippen molar-refractivity contribution in [2.24, 2.45) is 0 Å². The third-order valence-corrected chi connectivity index (χ3v) is 1.58. The van der Waals surface area contributed by atoms with Crippen LogP contribution in [-0.2, 0) is 32.7 Å². The molecule has 0 saturated heterocycles. The zero-order valence-corrected chi connectivity index (χ0v) is 10.8. The largest absolute Gasteiger partial charge is 0.427 e. The number of nitrogens with zero attached hydrogens (tertiary/aromatic N) is 3. The SMILES string of the molecule is Cc1[c-]c(C)nc(-c2ccon2)n1.[Y]. The smallest absolute Gasteiger partial charge is 0.176 e. The molecule has 14 heavy (non-hydrogen) atoms. The second-order valence-electron chi connectivity index (χ2n) is 2.73. The van der Waals surface area contributed by atoms with E-state index in [0.29, 0.717) is 11.5 Å². The molecule has 0 aromatic carbocycles. The number of hydrogen-bond donors (Lipinski definition) is 0. The Balaban J connectivity index is 0.000000980. The van der Waals surface area contributed by atoms with E-state index in [0.717, 1.165) is 11.4 Å². The first-order valence-corrected chi connectivity index (χ1v) is 3.91. The zero-order valence-electron chi connectivity index (χ0n) is 7.98. The van der Waals surface area contributed by atoms with E-state index >= 15 is 0 Å². The Labute approximate surface area is 107 Å². The molecule has 2 heterocycles. The van der Waals surface area contributed by atoms with Crippen LogP contribution >= 0.6 is 0 Å². The van der Waals surface area contributed by atoms with Gasteiger partial charge in [0.25, 0.3) is 0 Å². The standard InChI is InChI=1S/C9H8N3O.Y/c1-6-5-7(2)11-9(10-6)8-3-4-13-12-8;/h3-4H,1-2H3;/q-1;. The second kappa shape index (κ2) is 4.76. The normalized spacial score (nSPS) is 9.57. The fourth-order valence-corrected chi connectivity index (χ4v) is 1.10. The molecule has 4 nitrogen and oxygen atoms in total. The van der Waals surface area contributed by atoms with Gasteiger partial charge in [-0.3, -0.25) is 9.97 Å². The molecule has 0 fully saturated rings. The van der Waals surface area contributed by atoms with Gasteiger partial charge in [0.15, 0.2) is 11.5 Å². The van der Waals surface area contributed by atoms with Crippen LogP contribution in [0.3, 0.4) is 0 Å². The molecule has 2 aromatic heterocycles. The Morgan fingerprint density at radius 1 is 1.21 bits per heavy atom. The predicted octanol–water partition coefficient (Wildman–Crippen LogP) is 1.55. The molecule has 0 aliphatic carbocycles. The average Bonchev–Trinajstić information content (AvgIpc) is 2.53. The Hall–Kier alpha value is -0.606. The van der Waals surface area contributed by atoms with Crippen molar-refractivity contribution in [3.05, 3.63) is 29.8 Å². The minimum atomic E-state index is 0. The van der Waals surface area contributed by atoms with E-state index in [-0.39, 0.29) is 32.7 Å². The van der Waals surface area contributed by atoms with Crippen molar-refractivity contribution >= 4 is 0 Å². The summed E-state index contributed by atoms with van der Waals surface area (Å²) < 4.78 is 4.71. The summed E-state index contributed by atoms with van der Waals surface area (Å²) in [6.45, 7) is 3.75. The Morgan fingerprint density at radius 3 is 2.36 bits per heavy atom. The molecule has 0 N–H and O–H groups in total. The zero-order chi connectivity index (χ0) is 9.26. The molecule has 69 valence electrons. The molecule has 2 aromatic rings. The summed E-state index contributed by atoms with van der Waals surface area (Å²) in [5, 5.41) is 3.75. The van der Waals surface area contributed by atoms with Gasteiger partial charge in [0, 0.05) is 38.8 Å². The van der Waals surface area contributed by atoms with Gasteiger partial charge in [0.1, 0.15) is 6.26 Å². The first-order chi connectivity index (χ1) is 6.25. The van der Waals surface area contributed by atoms with Crippen molar-refractivity contribution in [2.45, 2.75) is 13.8 Å². The maximum Gasteiger partial charge on any atom is 0.176 e. The Morgan fingerprint density at radius 2 is 1.86 bits per heavy atom. The molecule has 0 aliphatic heterocycles. The maximum absolute atomic E-state index is 4.71. The van der Waals surface area contributed by atoms with E-state index in [2.05, 4.69) is 21.2 Å². The van der Waals surface area contributed by atoms with Crippen LogP contribution in [0.15, 0.2) is 16.9 Å². The van der Waals surface area contributed by atoms with Crippen LogP contribution in [-0.4, -0.2) is 15.1 Å². The molecule has 2 rings (SSSR count). The molecule has 0 aliphatic rings. The number of rotatable bonds is 1. The molecule has 0 amide bonds. The van der Waals surface area contributed by atoms with E-state index in [9.17, 15) is 0 Å². The minimum Gasteiger partial charge on any atom is -0.427 e. The van der Waals surface area contributed by atoms with Gasteiger partial charge in [0.05, 0.1) is 0 Å². The molecule has 0 unspecified atom stereocenters. The van der Waals surface area contributed by atoms with Crippen molar-refractivity contribution < 1.29 is 37.2 Å². The van der Waals surface area contributed by atoms with Gasteiger partial charge in [0.2, 0.25) is 0 Å². The summed E-state index contributed by atoms with van der Waals surface area (Å²) >= 11 is 0. The number of aryl methyl sites for hydroxylation is 2. The average molecular weight is 263 g/mol. The summed E-state index contributed by atoms with van der Waals surface area (Å²) in [5.74, 6) is 0.586. The van der Waals surface area contributed by atoms with Crippen LogP contribution in [0.1, 0.15) is 11.4 Å². The van der Waals surface area contributed by atoms with Crippen LogP contribution in [0, 0.1) is 19.9 Å². The molecule has 0 bridgehead atoms. The first kappa shape index (κ1) is 11.5. The van der Waals surface area contributed by atoms with E-state index < -0.39 is 0 Å². The van der Waals surface area contributed by atoms with Crippen molar-refractivity contribution in [2.75, 3.05) is 0 Å². The summed E-state index contributed by atoms with van der Waals surface area (Å²) in [5.41, 5.74) is 2.27. The number of hydrogen-bond acceptors (Lipinski definition) is 4. The monoisotopic (exact) mass is 263 g/mol. The summed E-state index contributed by atoms with van der Waals surface area (Å²) in [6, 6.07) is 4.72. The van der Waals surface area contributed by atoms with Crippen molar-refractivity contribution in [1.82, 2.24) is 15.1 Å². The number of aromatic nitrogens is 3. The first-order valence-electron chi connectivity index (χ1n) is 3.91. The third-order valence-electron chi connectivity index (χ3n) is 1.58.